The second-order valence-electron chi connectivity index (χ2n) is 6.00. The first kappa shape index (κ1) is 19.4. The predicted molar refractivity (Wildman–Crippen MR) is 92.5 cm³/mol. The molecule has 1 aromatic carbocycles. The Kier molecular flexibility index (Phi) is 6.55. The zero-order valence-corrected chi connectivity index (χ0v) is 15.1. The standard InChI is InChI=1S/C17H24N2O5S/c1-2-18(13-11-16(20)21)17(22)15-10-6-7-12-19(15)25(23,24)14-8-4-3-5-9-14/h3-5,8-9,15H,2,6-7,10-13H2,1H3,(H,20,21). The third kappa shape index (κ3) is 4.58. The molecule has 138 valence electrons. The quantitative estimate of drug-likeness (QED) is 0.788. The van der Waals surface area contributed by atoms with Crippen molar-refractivity contribution in [1.29, 1.82) is 0 Å². The highest BCUT2D eigenvalue weighted by Crippen LogP contribution is 2.26. The number of aliphatic carboxylic acids is 1. The summed E-state index contributed by atoms with van der Waals surface area (Å²) in [4.78, 5) is 25.2. The van der Waals surface area contributed by atoms with E-state index >= 15 is 0 Å². The van der Waals surface area contributed by atoms with Crippen molar-refractivity contribution in [3.8, 4) is 0 Å². The lowest BCUT2D eigenvalue weighted by Crippen LogP contribution is -2.53. The van der Waals surface area contributed by atoms with Gasteiger partial charge in [-0.2, -0.15) is 4.31 Å². The van der Waals surface area contributed by atoms with Crippen LogP contribution < -0.4 is 0 Å². The van der Waals surface area contributed by atoms with Gasteiger partial charge in [0.25, 0.3) is 0 Å². The van der Waals surface area contributed by atoms with Crippen molar-refractivity contribution in [3.63, 3.8) is 0 Å². The Morgan fingerprint density at radius 1 is 1.24 bits per heavy atom. The summed E-state index contributed by atoms with van der Waals surface area (Å²) in [5.41, 5.74) is 0. The molecule has 0 radical (unpaired) electrons. The predicted octanol–water partition coefficient (Wildman–Crippen LogP) is 1.55. The van der Waals surface area contributed by atoms with Crippen LogP contribution in [0.4, 0.5) is 0 Å². The molecule has 0 saturated carbocycles. The zero-order valence-electron chi connectivity index (χ0n) is 14.3. The molecule has 1 aliphatic rings. The summed E-state index contributed by atoms with van der Waals surface area (Å²) >= 11 is 0. The molecular formula is C17H24N2O5S. The van der Waals surface area contributed by atoms with Gasteiger partial charge in [-0.05, 0) is 31.9 Å². The smallest absolute Gasteiger partial charge is 0.305 e. The van der Waals surface area contributed by atoms with E-state index in [-0.39, 0.29) is 23.8 Å². The van der Waals surface area contributed by atoms with Crippen LogP contribution in [0.15, 0.2) is 35.2 Å². The molecule has 7 nitrogen and oxygen atoms in total. The van der Waals surface area contributed by atoms with Gasteiger partial charge in [0, 0.05) is 19.6 Å². The van der Waals surface area contributed by atoms with Crippen molar-refractivity contribution >= 4 is 21.9 Å². The summed E-state index contributed by atoms with van der Waals surface area (Å²) in [5, 5.41) is 8.84. The van der Waals surface area contributed by atoms with Crippen LogP contribution in [0.5, 0.6) is 0 Å². The molecule has 1 heterocycles. The number of rotatable bonds is 7. The molecule has 2 rings (SSSR count). The average Bonchev–Trinajstić information content (AvgIpc) is 2.62. The largest absolute Gasteiger partial charge is 0.481 e. The van der Waals surface area contributed by atoms with Crippen LogP contribution in [0.2, 0.25) is 0 Å². The van der Waals surface area contributed by atoms with Gasteiger partial charge in [-0.1, -0.05) is 24.6 Å². The normalized spacial score (nSPS) is 18.7. The van der Waals surface area contributed by atoms with E-state index in [9.17, 15) is 18.0 Å². The van der Waals surface area contributed by atoms with E-state index in [1.807, 2.05) is 0 Å². The highest BCUT2D eigenvalue weighted by molar-refractivity contribution is 7.89. The molecule has 0 bridgehead atoms. The number of hydrogen-bond acceptors (Lipinski definition) is 4. The number of benzene rings is 1. The summed E-state index contributed by atoms with van der Waals surface area (Å²) < 4.78 is 27.2. The number of carbonyl (C=O) groups is 2. The maximum Gasteiger partial charge on any atom is 0.305 e. The number of sulfonamides is 1. The maximum atomic E-state index is 12.9. The van der Waals surface area contributed by atoms with Gasteiger partial charge in [0.15, 0.2) is 0 Å². The fourth-order valence-electron chi connectivity index (χ4n) is 3.03. The molecule has 1 atom stereocenters. The number of piperidine rings is 1. The molecule has 1 aliphatic heterocycles. The molecular weight excluding hydrogens is 344 g/mol. The van der Waals surface area contributed by atoms with Gasteiger partial charge < -0.3 is 10.0 Å². The van der Waals surface area contributed by atoms with Crippen molar-refractivity contribution in [2.24, 2.45) is 0 Å². The van der Waals surface area contributed by atoms with Crippen LogP contribution in [0, 0.1) is 0 Å². The number of nitrogens with zero attached hydrogens (tertiary/aromatic N) is 2. The van der Waals surface area contributed by atoms with E-state index in [4.69, 9.17) is 5.11 Å². The fourth-order valence-corrected chi connectivity index (χ4v) is 4.70. The van der Waals surface area contributed by atoms with Crippen LogP contribution >= 0.6 is 0 Å². The molecule has 1 fully saturated rings. The van der Waals surface area contributed by atoms with Crippen molar-refractivity contribution < 1.29 is 23.1 Å². The third-order valence-corrected chi connectivity index (χ3v) is 6.30. The number of carboxylic acids is 1. The Balaban J connectivity index is 2.25. The Hall–Kier alpha value is -1.93. The van der Waals surface area contributed by atoms with E-state index in [0.29, 0.717) is 25.9 Å². The Labute approximate surface area is 148 Å². The van der Waals surface area contributed by atoms with Crippen LogP contribution in [-0.2, 0) is 19.6 Å². The topological polar surface area (TPSA) is 95.0 Å². The highest BCUT2D eigenvalue weighted by atomic mass is 32.2. The van der Waals surface area contributed by atoms with Crippen molar-refractivity contribution in [1.82, 2.24) is 9.21 Å². The average molecular weight is 368 g/mol. The molecule has 1 aromatic rings. The lowest BCUT2D eigenvalue weighted by molar-refractivity contribution is -0.140. The molecule has 25 heavy (non-hydrogen) atoms. The van der Waals surface area contributed by atoms with Crippen molar-refractivity contribution in [3.05, 3.63) is 30.3 Å². The molecule has 1 N–H and O–H groups in total. The lowest BCUT2D eigenvalue weighted by atomic mass is 10.0. The van der Waals surface area contributed by atoms with Gasteiger partial charge >= 0.3 is 5.97 Å². The molecule has 8 heteroatoms. The first-order valence-electron chi connectivity index (χ1n) is 8.45. The molecule has 1 amide bonds. The fraction of sp³-hybridized carbons (Fsp3) is 0.529. The van der Waals surface area contributed by atoms with Gasteiger partial charge in [-0.15, -0.1) is 0 Å². The van der Waals surface area contributed by atoms with E-state index in [0.717, 1.165) is 6.42 Å². The lowest BCUT2D eigenvalue weighted by Gasteiger charge is -2.36. The van der Waals surface area contributed by atoms with Crippen molar-refractivity contribution in [2.45, 2.75) is 43.5 Å². The minimum absolute atomic E-state index is 0.0837. The molecule has 1 unspecified atom stereocenters. The minimum atomic E-state index is -3.76. The van der Waals surface area contributed by atoms with Gasteiger partial charge in [0.2, 0.25) is 15.9 Å². The summed E-state index contributed by atoms with van der Waals surface area (Å²) in [6, 6.07) is 7.31. The van der Waals surface area contributed by atoms with Gasteiger partial charge in [0.1, 0.15) is 6.04 Å². The number of likely N-dealkylation sites (N-methyl/N-ethyl adjacent to an activating group) is 1. The Morgan fingerprint density at radius 2 is 1.92 bits per heavy atom. The highest BCUT2D eigenvalue weighted by Gasteiger charge is 2.39. The summed E-state index contributed by atoms with van der Waals surface area (Å²) in [7, 11) is -3.76. The molecule has 0 aromatic heterocycles. The number of carbonyl (C=O) groups excluding carboxylic acids is 1. The van der Waals surface area contributed by atoms with Crippen molar-refractivity contribution in [2.75, 3.05) is 19.6 Å². The maximum absolute atomic E-state index is 12.9. The van der Waals surface area contributed by atoms with Gasteiger partial charge in [-0.25, -0.2) is 8.42 Å². The van der Waals surface area contributed by atoms with E-state index in [1.54, 1.807) is 25.1 Å². The third-order valence-electron chi connectivity index (χ3n) is 4.38. The van der Waals surface area contributed by atoms with Gasteiger partial charge in [-0.3, -0.25) is 9.59 Å². The SMILES string of the molecule is CCN(CCC(=O)O)C(=O)C1CCCCN1S(=O)(=O)c1ccccc1. The van der Waals surface area contributed by atoms with Crippen LogP contribution in [0.1, 0.15) is 32.6 Å². The molecule has 1 saturated heterocycles. The second-order valence-corrected chi connectivity index (χ2v) is 7.89. The van der Waals surface area contributed by atoms with E-state index < -0.39 is 22.0 Å². The monoisotopic (exact) mass is 368 g/mol. The van der Waals surface area contributed by atoms with Crippen LogP contribution in [0.3, 0.4) is 0 Å². The Morgan fingerprint density at radius 3 is 2.52 bits per heavy atom. The number of hydrogen-bond donors (Lipinski definition) is 1. The minimum Gasteiger partial charge on any atom is -0.481 e. The summed E-state index contributed by atoms with van der Waals surface area (Å²) in [6.07, 6.45) is 1.77. The zero-order chi connectivity index (χ0) is 18.4. The number of carboxylic acid groups (broad SMARTS) is 1. The first-order chi connectivity index (χ1) is 11.9. The Bertz CT molecular complexity index is 705. The summed E-state index contributed by atoms with van der Waals surface area (Å²) in [5.74, 6) is -1.30. The number of amides is 1. The van der Waals surface area contributed by atoms with E-state index in [1.165, 1.54) is 21.3 Å². The van der Waals surface area contributed by atoms with Crippen LogP contribution in [-0.4, -0.2) is 60.3 Å². The second kappa shape index (κ2) is 8.44. The van der Waals surface area contributed by atoms with Crippen LogP contribution in [0.25, 0.3) is 0 Å². The van der Waals surface area contributed by atoms with E-state index in [2.05, 4.69) is 0 Å². The van der Waals surface area contributed by atoms with Gasteiger partial charge in [0.05, 0.1) is 11.3 Å². The molecule has 0 aliphatic carbocycles. The molecule has 0 spiro atoms. The summed E-state index contributed by atoms with van der Waals surface area (Å²) in [6.45, 7) is 2.49. The first-order valence-corrected chi connectivity index (χ1v) is 9.89.